The minimum Gasteiger partial charge on any atom is -0.298 e. The molecule has 1 N–H and O–H groups in total. The van der Waals surface area contributed by atoms with E-state index in [2.05, 4.69) is 48.8 Å². The molecule has 1 aliphatic carbocycles. The number of nitrogens with zero attached hydrogens (tertiary/aromatic N) is 1. The van der Waals surface area contributed by atoms with Crippen LogP contribution in [0.25, 0.3) is 0 Å². The maximum atomic E-state index is 12.4. The van der Waals surface area contributed by atoms with Crippen molar-refractivity contribution in [2.75, 3.05) is 5.32 Å². The van der Waals surface area contributed by atoms with Crippen molar-refractivity contribution in [1.29, 1.82) is 0 Å². The number of hydrogen-bond acceptors (Lipinski definition) is 3. The van der Waals surface area contributed by atoms with Crippen LogP contribution in [0.15, 0.2) is 22.7 Å². The van der Waals surface area contributed by atoms with Crippen LogP contribution in [0.3, 0.4) is 0 Å². The summed E-state index contributed by atoms with van der Waals surface area (Å²) in [5.74, 6) is -0.0930. The Morgan fingerprint density at radius 3 is 2.95 bits per heavy atom. The van der Waals surface area contributed by atoms with Crippen molar-refractivity contribution < 1.29 is 4.79 Å². The zero-order valence-electron chi connectivity index (χ0n) is 11.3. The molecular formula is C15H14BrIN2OS. The Labute approximate surface area is 149 Å². The third-order valence-electron chi connectivity index (χ3n) is 3.49. The van der Waals surface area contributed by atoms with Gasteiger partial charge in [-0.3, -0.25) is 10.1 Å². The molecule has 0 spiro atoms. The maximum Gasteiger partial charge on any atom is 0.258 e. The molecule has 1 amide bonds. The van der Waals surface area contributed by atoms with Crippen molar-refractivity contribution in [1.82, 2.24) is 4.98 Å². The molecule has 0 fully saturated rings. The number of nitrogens with one attached hydrogen (secondary N) is 1. The Kier molecular flexibility index (Phi) is 4.96. The number of carbonyl (C=O) groups excluding carboxylic acids is 1. The van der Waals surface area contributed by atoms with E-state index in [9.17, 15) is 4.79 Å². The molecule has 0 atom stereocenters. The van der Waals surface area contributed by atoms with Crippen molar-refractivity contribution in [2.24, 2.45) is 0 Å². The van der Waals surface area contributed by atoms with Gasteiger partial charge in [-0.25, -0.2) is 4.98 Å². The highest BCUT2D eigenvalue weighted by Gasteiger charge is 2.17. The van der Waals surface area contributed by atoms with Crippen LogP contribution >= 0.6 is 49.9 Å². The Balaban J connectivity index is 1.80. The lowest BCUT2D eigenvalue weighted by atomic mass is 10.2. The maximum absolute atomic E-state index is 12.4. The van der Waals surface area contributed by atoms with E-state index in [-0.39, 0.29) is 5.91 Å². The van der Waals surface area contributed by atoms with Crippen LogP contribution in [-0.2, 0) is 12.8 Å². The van der Waals surface area contributed by atoms with E-state index in [1.807, 2.05) is 18.2 Å². The molecule has 0 radical (unpaired) electrons. The third kappa shape index (κ3) is 3.65. The zero-order valence-corrected chi connectivity index (χ0v) is 15.8. The van der Waals surface area contributed by atoms with Gasteiger partial charge in [0.15, 0.2) is 5.13 Å². The van der Waals surface area contributed by atoms with Crippen LogP contribution in [0.4, 0.5) is 5.13 Å². The van der Waals surface area contributed by atoms with Crippen LogP contribution in [-0.4, -0.2) is 10.9 Å². The van der Waals surface area contributed by atoms with Crippen molar-refractivity contribution in [3.8, 4) is 0 Å². The first kappa shape index (κ1) is 15.4. The van der Waals surface area contributed by atoms with Gasteiger partial charge in [0.25, 0.3) is 5.91 Å². The molecule has 1 heterocycles. The number of rotatable bonds is 2. The van der Waals surface area contributed by atoms with Gasteiger partial charge in [-0.15, -0.1) is 11.3 Å². The number of aryl methyl sites for hydroxylation is 2. The molecule has 3 nitrogen and oxygen atoms in total. The topological polar surface area (TPSA) is 42.0 Å². The van der Waals surface area contributed by atoms with Gasteiger partial charge in [-0.1, -0.05) is 22.4 Å². The minimum absolute atomic E-state index is 0.0930. The van der Waals surface area contributed by atoms with Gasteiger partial charge in [-0.2, -0.15) is 0 Å². The molecule has 0 unspecified atom stereocenters. The third-order valence-corrected chi connectivity index (χ3v) is 6.00. The van der Waals surface area contributed by atoms with E-state index in [0.29, 0.717) is 5.56 Å². The highest BCUT2D eigenvalue weighted by molar-refractivity contribution is 14.1. The monoisotopic (exact) mass is 476 g/mol. The number of amides is 1. The number of benzene rings is 1. The average molecular weight is 477 g/mol. The summed E-state index contributed by atoms with van der Waals surface area (Å²) in [5, 5.41) is 3.67. The molecule has 1 aromatic carbocycles. The van der Waals surface area contributed by atoms with Crippen LogP contribution in [0, 0.1) is 3.57 Å². The van der Waals surface area contributed by atoms with E-state index in [1.54, 1.807) is 11.3 Å². The molecule has 0 saturated heterocycles. The summed E-state index contributed by atoms with van der Waals surface area (Å²) in [5.41, 5.74) is 1.85. The highest BCUT2D eigenvalue weighted by Crippen LogP contribution is 2.29. The SMILES string of the molecule is O=C(Nc1nc2c(s1)CCCCC2)c1cc(Br)ccc1I. The molecular weight excluding hydrogens is 463 g/mol. The van der Waals surface area contributed by atoms with E-state index in [0.717, 1.165) is 26.0 Å². The standard InChI is InChI=1S/C15H14BrIN2OS/c16-9-6-7-11(17)10(8-9)14(20)19-15-18-12-4-2-1-3-5-13(12)21-15/h6-8H,1-5H2,(H,18,19,20). The fourth-order valence-corrected chi connectivity index (χ4v) is 4.40. The van der Waals surface area contributed by atoms with Crippen LogP contribution in [0.1, 0.15) is 40.2 Å². The molecule has 0 bridgehead atoms. The van der Waals surface area contributed by atoms with Gasteiger partial charge in [0.2, 0.25) is 0 Å². The largest absolute Gasteiger partial charge is 0.298 e. The molecule has 21 heavy (non-hydrogen) atoms. The van der Waals surface area contributed by atoms with Crippen molar-refractivity contribution in [3.05, 3.63) is 42.4 Å². The lowest BCUT2D eigenvalue weighted by Gasteiger charge is -2.05. The zero-order chi connectivity index (χ0) is 14.8. The van der Waals surface area contributed by atoms with Crippen LogP contribution in [0.5, 0.6) is 0 Å². The Morgan fingerprint density at radius 1 is 1.29 bits per heavy atom. The number of aromatic nitrogens is 1. The fraction of sp³-hybridized carbons (Fsp3) is 0.333. The number of carbonyl (C=O) groups is 1. The van der Waals surface area contributed by atoms with Crippen molar-refractivity contribution >= 4 is 60.9 Å². The molecule has 6 heteroatoms. The lowest BCUT2D eigenvalue weighted by Crippen LogP contribution is -2.13. The Bertz CT molecular complexity index is 663. The summed E-state index contributed by atoms with van der Waals surface area (Å²) < 4.78 is 1.84. The summed E-state index contributed by atoms with van der Waals surface area (Å²) in [6, 6.07) is 5.70. The Morgan fingerprint density at radius 2 is 2.10 bits per heavy atom. The number of anilines is 1. The normalized spacial score (nSPS) is 14.4. The number of hydrogen-bond donors (Lipinski definition) is 1. The first-order chi connectivity index (χ1) is 10.1. The smallest absolute Gasteiger partial charge is 0.258 e. The summed E-state index contributed by atoms with van der Waals surface area (Å²) >= 11 is 7.21. The number of fused-ring (bicyclic) bond motifs is 1. The molecule has 1 aliphatic rings. The summed E-state index contributed by atoms with van der Waals surface area (Å²) in [4.78, 5) is 18.3. The lowest BCUT2D eigenvalue weighted by molar-refractivity contribution is 0.102. The van der Waals surface area contributed by atoms with Crippen LogP contribution in [0.2, 0.25) is 0 Å². The first-order valence-electron chi connectivity index (χ1n) is 6.88. The molecule has 0 saturated carbocycles. The average Bonchev–Trinajstić information content (AvgIpc) is 2.70. The second-order valence-corrected chi connectivity index (χ2v) is 8.19. The molecule has 110 valence electrons. The molecule has 1 aromatic heterocycles. The predicted octanol–water partition coefficient (Wildman–Crippen LogP) is 5.03. The van der Waals surface area contributed by atoms with E-state index < -0.39 is 0 Å². The van der Waals surface area contributed by atoms with Gasteiger partial charge in [0.1, 0.15) is 0 Å². The van der Waals surface area contributed by atoms with Crippen molar-refractivity contribution in [3.63, 3.8) is 0 Å². The van der Waals surface area contributed by atoms with Gasteiger partial charge in [0, 0.05) is 12.9 Å². The molecule has 2 aromatic rings. The highest BCUT2D eigenvalue weighted by atomic mass is 127. The van der Waals surface area contributed by atoms with E-state index in [4.69, 9.17) is 0 Å². The summed E-state index contributed by atoms with van der Waals surface area (Å²) in [6.45, 7) is 0. The fourth-order valence-electron chi connectivity index (χ4n) is 2.42. The molecule has 3 rings (SSSR count). The van der Waals surface area contributed by atoms with E-state index >= 15 is 0 Å². The number of thiazole rings is 1. The summed E-state index contributed by atoms with van der Waals surface area (Å²) in [6.07, 6.45) is 5.84. The predicted molar refractivity (Wildman–Crippen MR) is 98.2 cm³/mol. The van der Waals surface area contributed by atoms with Gasteiger partial charge in [-0.05, 0) is 66.5 Å². The van der Waals surface area contributed by atoms with Crippen LogP contribution < -0.4 is 5.32 Å². The Hall–Kier alpha value is -0.470. The van der Waals surface area contributed by atoms with Crippen molar-refractivity contribution in [2.45, 2.75) is 32.1 Å². The summed E-state index contributed by atoms with van der Waals surface area (Å²) in [7, 11) is 0. The second-order valence-electron chi connectivity index (χ2n) is 5.03. The number of halogens is 2. The quantitative estimate of drug-likeness (QED) is 0.487. The molecule has 0 aliphatic heterocycles. The minimum atomic E-state index is -0.0930. The van der Waals surface area contributed by atoms with Gasteiger partial charge in [0.05, 0.1) is 11.3 Å². The van der Waals surface area contributed by atoms with Gasteiger partial charge >= 0.3 is 0 Å². The van der Waals surface area contributed by atoms with E-state index in [1.165, 1.54) is 29.8 Å². The second kappa shape index (κ2) is 6.75. The van der Waals surface area contributed by atoms with Gasteiger partial charge < -0.3 is 0 Å². The first-order valence-corrected chi connectivity index (χ1v) is 9.57.